The van der Waals surface area contributed by atoms with Crippen LogP contribution in [0.3, 0.4) is 0 Å². The van der Waals surface area contributed by atoms with Crippen molar-refractivity contribution in [1.82, 2.24) is 9.88 Å². The van der Waals surface area contributed by atoms with Crippen LogP contribution >= 0.6 is 23.1 Å². The van der Waals surface area contributed by atoms with Crippen LogP contribution in [-0.4, -0.2) is 47.2 Å². The van der Waals surface area contributed by atoms with Gasteiger partial charge >= 0.3 is 0 Å². The topological polar surface area (TPSA) is 36.4 Å². The molecular weight excluding hydrogens is 398 g/mol. The normalized spacial score (nSPS) is 14.8. The zero-order chi connectivity index (χ0) is 20.4. The number of anilines is 1. The maximum Gasteiger partial charge on any atom is 0.254 e. The van der Waals surface area contributed by atoms with E-state index in [1.807, 2.05) is 23.1 Å². The van der Waals surface area contributed by atoms with E-state index in [9.17, 15) is 4.79 Å². The second-order valence-electron chi connectivity index (χ2n) is 7.59. The van der Waals surface area contributed by atoms with E-state index in [0.717, 1.165) is 53.7 Å². The number of hydrogen-bond donors (Lipinski definition) is 0. The van der Waals surface area contributed by atoms with Crippen molar-refractivity contribution < 1.29 is 4.79 Å². The molecule has 2 heterocycles. The number of aromatic nitrogens is 1. The number of piperazine rings is 1. The van der Waals surface area contributed by atoms with Crippen molar-refractivity contribution in [3.63, 3.8) is 0 Å². The Hall–Kier alpha value is -2.05. The first-order valence-electron chi connectivity index (χ1n) is 10.2. The summed E-state index contributed by atoms with van der Waals surface area (Å²) in [6, 6.07) is 14.5. The molecule has 29 heavy (non-hydrogen) atoms. The number of hydrogen-bond acceptors (Lipinski definition) is 5. The summed E-state index contributed by atoms with van der Waals surface area (Å²) in [6.07, 6.45) is 0.997. The molecule has 4 rings (SSSR count). The van der Waals surface area contributed by atoms with Crippen LogP contribution in [0.1, 0.15) is 36.7 Å². The maximum absolute atomic E-state index is 13.0. The molecule has 0 radical (unpaired) electrons. The predicted octanol–water partition coefficient (Wildman–Crippen LogP) is 5.32. The van der Waals surface area contributed by atoms with Crippen molar-refractivity contribution in [2.45, 2.75) is 37.3 Å². The van der Waals surface area contributed by atoms with Crippen molar-refractivity contribution in [1.29, 1.82) is 0 Å². The van der Waals surface area contributed by atoms with Gasteiger partial charge in [0.15, 0.2) is 5.13 Å². The monoisotopic (exact) mass is 425 g/mol. The van der Waals surface area contributed by atoms with E-state index < -0.39 is 0 Å². The van der Waals surface area contributed by atoms with Crippen LogP contribution in [-0.2, 0) is 6.42 Å². The van der Waals surface area contributed by atoms with Crippen LogP contribution < -0.4 is 4.90 Å². The van der Waals surface area contributed by atoms with Crippen molar-refractivity contribution in [3.05, 3.63) is 53.6 Å². The molecule has 6 heteroatoms. The summed E-state index contributed by atoms with van der Waals surface area (Å²) < 4.78 is 1.25. The molecule has 152 valence electrons. The standard InChI is InChI=1S/C23H27N3OS2/c1-4-17-7-6-10-20-21(17)24-23(29-20)26-13-11-25(12-14-26)22(27)18-8-5-9-19(15-18)28-16(2)3/h5-10,15-16H,4,11-14H2,1-3H3. The van der Waals surface area contributed by atoms with Gasteiger partial charge in [0.2, 0.25) is 0 Å². The van der Waals surface area contributed by atoms with Crippen molar-refractivity contribution >= 4 is 44.4 Å². The predicted molar refractivity (Wildman–Crippen MR) is 125 cm³/mol. The van der Waals surface area contributed by atoms with Gasteiger partial charge in [-0.25, -0.2) is 4.98 Å². The zero-order valence-corrected chi connectivity index (χ0v) is 18.9. The molecule has 0 atom stereocenters. The molecule has 0 unspecified atom stereocenters. The van der Waals surface area contributed by atoms with E-state index in [1.165, 1.54) is 10.3 Å². The fourth-order valence-electron chi connectivity index (χ4n) is 3.67. The van der Waals surface area contributed by atoms with Gasteiger partial charge in [-0.15, -0.1) is 11.8 Å². The number of thiazole rings is 1. The minimum atomic E-state index is 0.133. The number of carbonyl (C=O) groups is 1. The summed E-state index contributed by atoms with van der Waals surface area (Å²) in [4.78, 5) is 23.4. The lowest BCUT2D eigenvalue weighted by atomic mass is 10.1. The molecular formula is C23H27N3OS2. The quantitative estimate of drug-likeness (QED) is 0.518. The number of fused-ring (bicyclic) bond motifs is 1. The van der Waals surface area contributed by atoms with Crippen LogP contribution in [0, 0.1) is 0 Å². The van der Waals surface area contributed by atoms with Crippen LogP contribution in [0.25, 0.3) is 10.2 Å². The lowest BCUT2D eigenvalue weighted by Gasteiger charge is -2.34. The Labute approximate surface area is 180 Å². The van der Waals surface area contributed by atoms with E-state index in [4.69, 9.17) is 4.98 Å². The van der Waals surface area contributed by atoms with Crippen LogP contribution in [0.4, 0.5) is 5.13 Å². The number of aryl methyl sites for hydroxylation is 1. The molecule has 0 spiro atoms. The van der Waals surface area contributed by atoms with Crippen molar-refractivity contribution in [2.75, 3.05) is 31.1 Å². The highest BCUT2D eigenvalue weighted by molar-refractivity contribution is 7.99. The summed E-state index contributed by atoms with van der Waals surface area (Å²) in [5, 5.41) is 1.58. The third-order valence-electron chi connectivity index (χ3n) is 5.16. The molecule has 3 aromatic rings. The van der Waals surface area contributed by atoms with Gasteiger partial charge in [0.05, 0.1) is 10.2 Å². The molecule has 1 fully saturated rings. The summed E-state index contributed by atoms with van der Waals surface area (Å²) in [6.45, 7) is 9.63. The van der Waals surface area contributed by atoms with Gasteiger partial charge in [0.1, 0.15) is 0 Å². The van der Waals surface area contributed by atoms with Crippen LogP contribution in [0.2, 0.25) is 0 Å². The minimum Gasteiger partial charge on any atom is -0.345 e. The molecule has 1 amide bonds. The molecule has 0 aliphatic carbocycles. The van der Waals surface area contributed by atoms with Crippen LogP contribution in [0.5, 0.6) is 0 Å². The van der Waals surface area contributed by atoms with E-state index in [-0.39, 0.29) is 5.91 Å². The molecule has 1 aliphatic heterocycles. The van der Waals surface area contributed by atoms with Crippen molar-refractivity contribution in [2.24, 2.45) is 0 Å². The Morgan fingerprint density at radius 1 is 1.14 bits per heavy atom. The molecule has 0 saturated carbocycles. The van der Waals surface area contributed by atoms with Gasteiger partial charge in [0.25, 0.3) is 5.91 Å². The van der Waals surface area contributed by atoms with Gasteiger partial charge in [-0.1, -0.05) is 50.3 Å². The fourth-order valence-corrected chi connectivity index (χ4v) is 5.63. The van der Waals surface area contributed by atoms with Crippen LogP contribution in [0.15, 0.2) is 47.4 Å². The smallest absolute Gasteiger partial charge is 0.254 e. The lowest BCUT2D eigenvalue weighted by Crippen LogP contribution is -2.48. The number of nitrogens with zero attached hydrogens (tertiary/aromatic N) is 3. The molecule has 4 nitrogen and oxygen atoms in total. The molecule has 0 N–H and O–H groups in total. The summed E-state index contributed by atoms with van der Waals surface area (Å²) >= 11 is 3.55. The molecule has 1 aromatic heterocycles. The van der Waals surface area contributed by atoms with Gasteiger partial charge < -0.3 is 9.80 Å². The Morgan fingerprint density at radius 3 is 2.62 bits per heavy atom. The molecule has 2 aromatic carbocycles. The first kappa shape index (κ1) is 20.2. The summed E-state index contributed by atoms with van der Waals surface area (Å²) in [7, 11) is 0. The van der Waals surface area contributed by atoms with Gasteiger partial charge in [-0.2, -0.15) is 0 Å². The number of amides is 1. The van der Waals surface area contributed by atoms with E-state index >= 15 is 0 Å². The second kappa shape index (κ2) is 8.76. The van der Waals surface area contributed by atoms with E-state index in [1.54, 1.807) is 23.1 Å². The Balaban J connectivity index is 1.44. The maximum atomic E-state index is 13.0. The highest BCUT2D eigenvalue weighted by Crippen LogP contribution is 2.31. The number of benzene rings is 2. The Kier molecular flexibility index (Phi) is 6.11. The highest BCUT2D eigenvalue weighted by atomic mass is 32.2. The minimum absolute atomic E-state index is 0.133. The van der Waals surface area contributed by atoms with Gasteiger partial charge in [0, 0.05) is 41.9 Å². The van der Waals surface area contributed by atoms with E-state index in [0.29, 0.717) is 5.25 Å². The second-order valence-corrected chi connectivity index (χ2v) is 10.2. The average Bonchev–Trinajstić information content (AvgIpc) is 3.17. The van der Waals surface area contributed by atoms with Crippen molar-refractivity contribution in [3.8, 4) is 0 Å². The molecule has 1 aliphatic rings. The number of para-hydroxylation sites is 1. The van der Waals surface area contributed by atoms with E-state index in [2.05, 4.69) is 49.9 Å². The Bertz CT molecular complexity index is 1010. The SMILES string of the molecule is CCc1cccc2sc(N3CCN(C(=O)c4cccc(SC(C)C)c4)CC3)nc12. The van der Waals surface area contributed by atoms with Gasteiger partial charge in [-0.3, -0.25) is 4.79 Å². The third-order valence-corrected chi connectivity index (χ3v) is 7.24. The molecule has 1 saturated heterocycles. The number of thioether (sulfide) groups is 1. The number of carbonyl (C=O) groups excluding carboxylic acids is 1. The highest BCUT2D eigenvalue weighted by Gasteiger charge is 2.24. The summed E-state index contributed by atoms with van der Waals surface area (Å²) in [5.41, 5.74) is 3.22. The Morgan fingerprint density at radius 2 is 1.90 bits per heavy atom. The summed E-state index contributed by atoms with van der Waals surface area (Å²) in [5.74, 6) is 0.133. The first-order chi connectivity index (χ1) is 14.0. The average molecular weight is 426 g/mol. The van der Waals surface area contributed by atoms with Gasteiger partial charge in [-0.05, 0) is 36.2 Å². The number of rotatable bonds is 5. The lowest BCUT2D eigenvalue weighted by molar-refractivity contribution is 0.0746. The fraction of sp³-hybridized carbons (Fsp3) is 0.391. The first-order valence-corrected chi connectivity index (χ1v) is 11.9. The largest absolute Gasteiger partial charge is 0.345 e. The molecule has 0 bridgehead atoms. The third kappa shape index (κ3) is 4.43. The zero-order valence-electron chi connectivity index (χ0n) is 17.2.